The third kappa shape index (κ3) is 11.6. The van der Waals surface area contributed by atoms with Crippen molar-refractivity contribution in [3.05, 3.63) is 36.0 Å². The molecule has 0 aliphatic carbocycles. The lowest BCUT2D eigenvalue weighted by Crippen LogP contribution is -2.60. The summed E-state index contributed by atoms with van der Waals surface area (Å²) in [4.78, 5) is 89.5. The number of nitrogens with one attached hydrogen (secondary N) is 6. The highest BCUT2D eigenvalue weighted by molar-refractivity contribution is 5.96. The molecule has 18 heteroatoms. The van der Waals surface area contributed by atoms with Gasteiger partial charge < -0.3 is 58.4 Å². The van der Waals surface area contributed by atoms with E-state index in [1.165, 1.54) is 0 Å². The van der Waals surface area contributed by atoms with Gasteiger partial charge in [-0.25, -0.2) is 4.79 Å². The van der Waals surface area contributed by atoms with Gasteiger partial charge in [-0.2, -0.15) is 0 Å². The Morgan fingerprint density at radius 1 is 0.854 bits per heavy atom. The van der Waals surface area contributed by atoms with E-state index in [-0.39, 0.29) is 19.3 Å². The molecule has 13 N–H and O–H groups in total. The topological polar surface area (TPSA) is 308 Å². The Hall–Kier alpha value is -5.07. The molecule has 2 rings (SSSR count). The fourth-order valence-electron chi connectivity index (χ4n) is 4.57. The van der Waals surface area contributed by atoms with Crippen LogP contribution in [0.1, 0.15) is 38.7 Å². The van der Waals surface area contributed by atoms with Crippen LogP contribution in [0.4, 0.5) is 0 Å². The summed E-state index contributed by atoms with van der Waals surface area (Å²) in [6.07, 6.45) is 1.74. The van der Waals surface area contributed by atoms with Crippen LogP contribution in [-0.2, 0) is 40.0 Å². The number of para-hydroxylation sites is 1. The Morgan fingerprint density at radius 3 is 2.00 bits per heavy atom. The van der Waals surface area contributed by atoms with Crippen LogP contribution in [0.25, 0.3) is 10.9 Å². The van der Waals surface area contributed by atoms with Crippen molar-refractivity contribution < 1.29 is 48.9 Å². The third-order valence-electron chi connectivity index (χ3n) is 7.62. The molecule has 18 nitrogen and oxygen atoms in total. The maximum atomic E-state index is 13.1. The third-order valence-corrected chi connectivity index (χ3v) is 7.62. The molecular formula is C30H44N8O10. The van der Waals surface area contributed by atoms with Crippen molar-refractivity contribution in [2.45, 2.75) is 69.7 Å². The van der Waals surface area contributed by atoms with Crippen molar-refractivity contribution in [3.63, 3.8) is 0 Å². The number of carbonyl (C=O) groups is 7. The number of aliphatic hydroxyl groups is 2. The predicted octanol–water partition coefficient (Wildman–Crippen LogP) is -3.53. The lowest BCUT2D eigenvalue weighted by Gasteiger charge is -2.27. The SMILES string of the molecule is CC[C@H](C)[C@H](NC(=O)CNC(=O)[C@@H](N)CCC(N)=O)C(=O)N[C@@H](CO)C(=O)N[C@@H](CO)C(=O)N[C@@H](Cc1c[nH]c2ccccc12)C(=O)O. The van der Waals surface area contributed by atoms with Gasteiger partial charge in [0, 0.05) is 29.9 Å². The van der Waals surface area contributed by atoms with Gasteiger partial charge in [0.15, 0.2) is 0 Å². The van der Waals surface area contributed by atoms with Gasteiger partial charge in [-0.1, -0.05) is 38.5 Å². The zero-order chi connectivity index (χ0) is 36.0. The monoisotopic (exact) mass is 676 g/mol. The molecule has 0 aliphatic rings. The standard InChI is InChI=1S/C30H44N8O10/c1-3-15(2)25(38-24(42)12-34-26(43)18(31)8-9-23(32)41)29(46)37-22(14-40)28(45)36-21(13-39)27(44)35-20(30(47)48)10-16-11-33-19-7-5-4-6-17(16)19/h4-7,11,15,18,20-22,25,33,39-40H,3,8-10,12-14,31H2,1-2H3,(H2,32,41)(H,34,43)(H,35,44)(H,36,45)(H,37,46)(H,38,42)(H,47,48)/t15-,18-,20-,21-,22-,25-/m0/s1. The van der Waals surface area contributed by atoms with E-state index in [1.54, 1.807) is 44.3 Å². The summed E-state index contributed by atoms with van der Waals surface area (Å²) < 4.78 is 0. The quantitative estimate of drug-likeness (QED) is 0.0653. The number of carboxylic acid groups (broad SMARTS) is 1. The zero-order valence-corrected chi connectivity index (χ0v) is 26.7. The number of carbonyl (C=O) groups excluding carboxylic acids is 6. The number of nitrogens with two attached hydrogens (primary N) is 2. The number of aliphatic carboxylic acids is 1. The molecule has 0 radical (unpaired) electrons. The highest BCUT2D eigenvalue weighted by Crippen LogP contribution is 2.19. The van der Waals surface area contributed by atoms with Crippen molar-refractivity contribution in [2.24, 2.45) is 17.4 Å². The molecule has 48 heavy (non-hydrogen) atoms. The zero-order valence-electron chi connectivity index (χ0n) is 26.7. The second-order valence-electron chi connectivity index (χ2n) is 11.2. The fraction of sp³-hybridized carbons (Fsp3) is 0.500. The lowest BCUT2D eigenvalue weighted by molar-refractivity contribution is -0.142. The summed E-state index contributed by atoms with van der Waals surface area (Å²) in [7, 11) is 0. The van der Waals surface area contributed by atoms with E-state index in [0.717, 1.165) is 10.9 Å². The molecule has 0 bridgehead atoms. The van der Waals surface area contributed by atoms with Gasteiger partial charge in [0.25, 0.3) is 0 Å². The Balaban J connectivity index is 2.02. The van der Waals surface area contributed by atoms with Crippen LogP contribution in [0.3, 0.4) is 0 Å². The molecule has 6 atom stereocenters. The minimum atomic E-state index is -1.64. The molecule has 0 aliphatic heterocycles. The van der Waals surface area contributed by atoms with Gasteiger partial charge in [0.2, 0.25) is 35.4 Å². The summed E-state index contributed by atoms with van der Waals surface area (Å²) in [6, 6.07) is 0.140. The number of benzene rings is 1. The number of aromatic amines is 1. The van der Waals surface area contributed by atoms with Crippen molar-refractivity contribution >= 4 is 52.3 Å². The number of aromatic nitrogens is 1. The second kappa shape index (κ2) is 18.9. The highest BCUT2D eigenvalue weighted by atomic mass is 16.4. The average molecular weight is 677 g/mol. The van der Waals surface area contributed by atoms with Crippen molar-refractivity contribution in [3.8, 4) is 0 Å². The van der Waals surface area contributed by atoms with Gasteiger partial charge in [0.05, 0.1) is 25.8 Å². The number of fused-ring (bicyclic) bond motifs is 1. The normalized spacial score (nSPS) is 14.8. The first-order chi connectivity index (χ1) is 22.7. The molecule has 0 unspecified atom stereocenters. The summed E-state index contributed by atoms with van der Waals surface area (Å²) in [5.74, 6) is -6.95. The summed E-state index contributed by atoms with van der Waals surface area (Å²) in [5, 5.41) is 41.7. The molecule has 2 aromatic rings. The van der Waals surface area contributed by atoms with Crippen LogP contribution in [0, 0.1) is 5.92 Å². The summed E-state index contributed by atoms with van der Waals surface area (Å²) in [5.41, 5.74) is 12.1. The van der Waals surface area contributed by atoms with E-state index in [0.29, 0.717) is 12.0 Å². The minimum absolute atomic E-state index is 0.0325. The number of rotatable bonds is 20. The van der Waals surface area contributed by atoms with E-state index in [1.807, 2.05) is 0 Å². The van der Waals surface area contributed by atoms with Crippen molar-refractivity contribution in [2.75, 3.05) is 19.8 Å². The molecule has 0 saturated carbocycles. The van der Waals surface area contributed by atoms with Crippen LogP contribution < -0.4 is 38.1 Å². The molecular weight excluding hydrogens is 632 g/mol. The molecule has 1 heterocycles. The van der Waals surface area contributed by atoms with Gasteiger partial charge in [0.1, 0.15) is 24.2 Å². The average Bonchev–Trinajstić information content (AvgIpc) is 3.47. The summed E-state index contributed by atoms with van der Waals surface area (Å²) in [6.45, 7) is 0.944. The van der Waals surface area contributed by atoms with Gasteiger partial charge in [-0.3, -0.25) is 28.8 Å². The summed E-state index contributed by atoms with van der Waals surface area (Å²) >= 11 is 0. The van der Waals surface area contributed by atoms with E-state index < -0.39 is 97.3 Å². The minimum Gasteiger partial charge on any atom is -0.480 e. The van der Waals surface area contributed by atoms with E-state index >= 15 is 0 Å². The Morgan fingerprint density at radius 2 is 1.44 bits per heavy atom. The van der Waals surface area contributed by atoms with E-state index in [2.05, 4.69) is 31.6 Å². The largest absolute Gasteiger partial charge is 0.480 e. The number of hydrogen-bond acceptors (Lipinski definition) is 10. The van der Waals surface area contributed by atoms with Crippen LogP contribution in [0.5, 0.6) is 0 Å². The predicted molar refractivity (Wildman–Crippen MR) is 170 cm³/mol. The fourth-order valence-corrected chi connectivity index (χ4v) is 4.57. The number of amides is 6. The van der Waals surface area contributed by atoms with Crippen molar-refractivity contribution in [1.82, 2.24) is 31.6 Å². The first-order valence-corrected chi connectivity index (χ1v) is 15.2. The second-order valence-corrected chi connectivity index (χ2v) is 11.2. The van der Waals surface area contributed by atoms with Crippen LogP contribution >= 0.6 is 0 Å². The first kappa shape index (κ1) is 39.1. The lowest BCUT2D eigenvalue weighted by atomic mass is 9.98. The van der Waals surface area contributed by atoms with Gasteiger partial charge in [-0.05, 0) is 24.0 Å². The van der Waals surface area contributed by atoms with Gasteiger partial charge in [-0.15, -0.1) is 0 Å². The molecule has 0 spiro atoms. The molecule has 0 saturated heterocycles. The number of hydrogen-bond donors (Lipinski definition) is 11. The molecule has 1 aromatic heterocycles. The highest BCUT2D eigenvalue weighted by Gasteiger charge is 2.32. The maximum absolute atomic E-state index is 13.1. The number of aliphatic hydroxyl groups excluding tert-OH is 2. The molecule has 6 amide bonds. The van der Waals surface area contributed by atoms with Crippen LogP contribution in [0.2, 0.25) is 0 Å². The van der Waals surface area contributed by atoms with E-state index in [9.17, 15) is 48.9 Å². The molecule has 264 valence electrons. The van der Waals surface area contributed by atoms with Crippen molar-refractivity contribution in [1.29, 1.82) is 0 Å². The van der Waals surface area contributed by atoms with E-state index in [4.69, 9.17) is 11.5 Å². The molecule has 0 fully saturated rings. The Kier molecular flexibility index (Phi) is 15.4. The Labute approximate surface area is 275 Å². The first-order valence-electron chi connectivity index (χ1n) is 15.2. The smallest absolute Gasteiger partial charge is 0.326 e. The number of primary amides is 1. The van der Waals surface area contributed by atoms with Crippen LogP contribution in [0.15, 0.2) is 30.5 Å². The number of carboxylic acids is 1. The van der Waals surface area contributed by atoms with Crippen LogP contribution in [-0.4, -0.2) is 112 Å². The number of H-pyrrole nitrogens is 1. The maximum Gasteiger partial charge on any atom is 0.326 e. The molecule has 1 aromatic carbocycles. The van der Waals surface area contributed by atoms with Gasteiger partial charge >= 0.3 is 5.97 Å². The Bertz CT molecular complexity index is 1460.